The van der Waals surface area contributed by atoms with E-state index in [9.17, 15) is 18.3 Å². The number of amides is 1. The summed E-state index contributed by atoms with van der Waals surface area (Å²) in [6.45, 7) is 1.47. The van der Waals surface area contributed by atoms with Gasteiger partial charge in [0.25, 0.3) is 5.91 Å². The van der Waals surface area contributed by atoms with Crippen molar-refractivity contribution in [1.29, 1.82) is 0 Å². The number of phenols is 1. The summed E-state index contributed by atoms with van der Waals surface area (Å²) in [5.41, 5.74) is 0.827. The summed E-state index contributed by atoms with van der Waals surface area (Å²) >= 11 is 0. The highest BCUT2D eigenvalue weighted by Gasteiger charge is 2.27. The first-order valence-electron chi connectivity index (χ1n) is 8.21. The van der Waals surface area contributed by atoms with E-state index in [0.717, 1.165) is 5.56 Å². The van der Waals surface area contributed by atoms with Crippen molar-refractivity contribution in [1.82, 2.24) is 9.62 Å². The van der Waals surface area contributed by atoms with Crippen molar-refractivity contribution >= 4 is 15.9 Å². The van der Waals surface area contributed by atoms with E-state index in [0.29, 0.717) is 13.2 Å². The van der Waals surface area contributed by atoms with Crippen LogP contribution in [0, 0.1) is 0 Å². The standard InChI is InChI=1S/C18H20N2O5S/c21-17-7-6-15(26(23,24)20-8-10-25-11-9-20)12-16(17)18(22)19-13-14-4-2-1-3-5-14/h1-7,12,21H,8-11,13H2,(H,19,22). The largest absolute Gasteiger partial charge is 0.507 e. The number of aromatic hydroxyl groups is 1. The van der Waals surface area contributed by atoms with Crippen LogP contribution in [0.2, 0.25) is 0 Å². The maximum Gasteiger partial charge on any atom is 0.255 e. The molecule has 2 aromatic rings. The Morgan fingerprint density at radius 2 is 1.81 bits per heavy atom. The summed E-state index contributed by atoms with van der Waals surface area (Å²) in [5.74, 6) is -0.804. The number of morpholine rings is 1. The van der Waals surface area contributed by atoms with E-state index in [1.165, 1.54) is 22.5 Å². The van der Waals surface area contributed by atoms with Crippen LogP contribution < -0.4 is 5.32 Å². The number of nitrogens with zero attached hydrogens (tertiary/aromatic N) is 1. The van der Waals surface area contributed by atoms with Gasteiger partial charge in [0.15, 0.2) is 0 Å². The summed E-state index contributed by atoms with van der Waals surface area (Å²) in [6, 6.07) is 13.0. The van der Waals surface area contributed by atoms with Crippen molar-refractivity contribution in [3.8, 4) is 5.75 Å². The quantitative estimate of drug-likeness (QED) is 0.821. The zero-order chi connectivity index (χ0) is 18.6. The number of hydrogen-bond acceptors (Lipinski definition) is 5. The predicted octanol–water partition coefficient (Wildman–Crippen LogP) is 1.34. The van der Waals surface area contributed by atoms with Gasteiger partial charge in [-0.15, -0.1) is 0 Å². The first kappa shape index (κ1) is 18.4. The van der Waals surface area contributed by atoms with Crippen LogP contribution in [0.3, 0.4) is 0 Å². The number of sulfonamides is 1. The van der Waals surface area contributed by atoms with E-state index in [1.807, 2.05) is 30.3 Å². The maximum absolute atomic E-state index is 12.7. The summed E-state index contributed by atoms with van der Waals surface area (Å²) < 4.78 is 31.9. The van der Waals surface area contributed by atoms with Gasteiger partial charge in [-0.25, -0.2) is 8.42 Å². The van der Waals surface area contributed by atoms with Crippen LogP contribution in [0.4, 0.5) is 0 Å². The molecule has 2 N–H and O–H groups in total. The topological polar surface area (TPSA) is 95.9 Å². The molecule has 3 rings (SSSR count). The Kier molecular flexibility index (Phi) is 5.55. The maximum atomic E-state index is 12.7. The number of rotatable bonds is 5. The van der Waals surface area contributed by atoms with Gasteiger partial charge in [-0.1, -0.05) is 30.3 Å². The third kappa shape index (κ3) is 4.04. The van der Waals surface area contributed by atoms with Gasteiger partial charge in [-0.05, 0) is 23.8 Å². The second-order valence-corrected chi connectivity index (χ2v) is 7.80. The van der Waals surface area contributed by atoms with E-state index in [-0.39, 0.29) is 35.8 Å². The van der Waals surface area contributed by atoms with Crippen molar-refractivity contribution in [2.75, 3.05) is 26.3 Å². The van der Waals surface area contributed by atoms with E-state index >= 15 is 0 Å². The lowest BCUT2D eigenvalue weighted by atomic mass is 10.1. The Balaban J connectivity index is 1.79. The van der Waals surface area contributed by atoms with Crippen molar-refractivity contribution in [2.45, 2.75) is 11.4 Å². The monoisotopic (exact) mass is 376 g/mol. The number of carbonyl (C=O) groups excluding carboxylic acids is 1. The molecule has 1 aliphatic heterocycles. The lowest BCUT2D eigenvalue weighted by molar-refractivity contribution is 0.0730. The number of nitrogens with one attached hydrogen (secondary N) is 1. The molecule has 1 aliphatic rings. The second kappa shape index (κ2) is 7.86. The van der Waals surface area contributed by atoms with Gasteiger partial charge >= 0.3 is 0 Å². The molecular formula is C18H20N2O5S. The summed E-state index contributed by atoms with van der Waals surface area (Å²) in [6.07, 6.45) is 0. The van der Waals surface area contributed by atoms with E-state index < -0.39 is 15.9 Å². The molecule has 0 spiro atoms. The molecule has 1 amide bonds. The van der Waals surface area contributed by atoms with Gasteiger partial charge in [0.2, 0.25) is 10.0 Å². The minimum atomic E-state index is -3.74. The fourth-order valence-corrected chi connectivity index (χ4v) is 4.10. The molecule has 8 heteroatoms. The van der Waals surface area contributed by atoms with Crippen molar-refractivity contribution < 1.29 is 23.1 Å². The Hall–Kier alpha value is -2.42. The summed E-state index contributed by atoms with van der Waals surface area (Å²) in [7, 11) is -3.74. The normalized spacial score (nSPS) is 15.5. The molecule has 1 saturated heterocycles. The summed E-state index contributed by atoms with van der Waals surface area (Å²) in [4.78, 5) is 12.4. The Morgan fingerprint density at radius 3 is 2.50 bits per heavy atom. The van der Waals surface area contributed by atoms with Crippen LogP contribution in [0.15, 0.2) is 53.4 Å². The van der Waals surface area contributed by atoms with Crippen LogP contribution in [-0.4, -0.2) is 50.0 Å². The van der Waals surface area contributed by atoms with Gasteiger partial charge in [0, 0.05) is 19.6 Å². The molecule has 0 atom stereocenters. The van der Waals surface area contributed by atoms with Gasteiger partial charge in [-0.2, -0.15) is 4.31 Å². The third-order valence-corrected chi connectivity index (χ3v) is 6.01. The van der Waals surface area contributed by atoms with Crippen molar-refractivity contribution in [3.63, 3.8) is 0 Å². The van der Waals surface area contributed by atoms with E-state index in [4.69, 9.17) is 4.74 Å². The second-order valence-electron chi connectivity index (χ2n) is 5.86. The highest BCUT2D eigenvalue weighted by molar-refractivity contribution is 7.89. The minimum absolute atomic E-state index is 0.0259. The molecule has 7 nitrogen and oxygen atoms in total. The lowest BCUT2D eigenvalue weighted by Crippen LogP contribution is -2.40. The Morgan fingerprint density at radius 1 is 1.12 bits per heavy atom. The van der Waals surface area contributed by atoms with Gasteiger partial charge in [-0.3, -0.25) is 4.79 Å². The summed E-state index contributed by atoms with van der Waals surface area (Å²) in [5, 5.41) is 12.7. The molecule has 1 fully saturated rings. The molecule has 2 aromatic carbocycles. The van der Waals surface area contributed by atoms with Crippen LogP contribution in [0.1, 0.15) is 15.9 Å². The number of ether oxygens (including phenoxy) is 1. The smallest absolute Gasteiger partial charge is 0.255 e. The molecule has 1 heterocycles. The molecule has 138 valence electrons. The van der Waals surface area contributed by atoms with E-state index in [2.05, 4.69) is 5.32 Å². The molecule has 0 aromatic heterocycles. The van der Waals surface area contributed by atoms with Gasteiger partial charge in [0.1, 0.15) is 5.75 Å². The van der Waals surface area contributed by atoms with Crippen LogP contribution in [0.25, 0.3) is 0 Å². The average molecular weight is 376 g/mol. The van der Waals surface area contributed by atoms with Gasteiger partial charge in [0.05, 0.1) is 23.7 Å². The number of benzene rings is 2. The van der Waals surface area contributed by atoms with Crippen LogP contribution in [0.5, 0.6) is 5.75 Å². The molecule has 0 unspecified atom stereocenters. The van der Waals surface area contributed by atoms with Crippen LogP contribution in [-0.2, 0) is 21.3 Å². The highest BCUT2D eigenvalue weighted by atomic mass is 32.2. The molecule has 0 saturated carbocycles. The van der Waals surface area contributed by atoms with Crippen molar-refractivity contribution in [3.05, 3.63) is 59.7 Å². The number of phenolic OH excluding ortho intramolecular Hbond substituents is 1. The third-order valence-electron chi connectivity index (χ3n) is 4.12. The SMILES string of the molecule is O=C(NCc1ccccc1)c1cc(S(=O)(=O)N2CCOCC2)ccc1O. The molecular weight excluding hydrogens is 356 g/mol. The highest BCUT2D eigenvalue weighted by Crippen LogP contribution is 2.24. The zero-order valence-corrected chi connectivity index (χ0v) is 14.9. The Bertz CT molecular complexity index is 878. The Labute approximate surface area is 152 Å². The zero-order valence-electron chi connectivity index (χ0n) is 14.1. The van der Waals surface area contributed by atoms with Crippen LogP contribution >= 0.6 is 0 Å². The molecule has 26 heavy (non-hydrogen) atoms. The average Bonchev–Trinajstić information content (AvgIpc) is 2.68. The van der Waals surface area contributed by atoms with Crippen molar-refractivity contribution in [2.24, 2.45) is 0 Å². The van der Waals surface area contributed by atoms with Gasteiger partial charge < -0.3 is 15.2 Å². The fraction of sp³-hybridized carbons (Fsp3) is 0.278. The number of hydrogen-bond donors (Lipinski definition) is 2. The first-order chi connectivity index (χ1) is 12.5. The minimum Gasteiger partial charge on any atom is -0.507 e. The molecule has 0 aliphatic carbocycles. The lowest BCUT2D eigenvalue weighted by Gasteiger charge is -2.26. The fourth-order valence-electron chi connectivity index (χ4n) is 2.67. The van der Waals surface area contributed by atoms with E-state index in [1.54, 1.807) is 0 Å². The number of carbonyl (C=O) groups is 1. The predicted molar refractivity (Wildman–Crippen MR) is 95.3 cm³/mol. The first-order valence-corrected chi connectivity index (χ1v) is 9.65. The molecule has 0 radical (unpaired) electrons. The molecule has 0 bridgehead atoms.